The molecule has 0 fully saturated rings. The van der Waals surface area contributed by atoms with Crippen LogP contribution >= 0.6 is 0 Å². The second-order valence-corrected chi connectivity index (χ2v) is 6.00. The summed E-state index contributed by atoms with van der Waals surface area (Å²) in [6.07, 6.45) is -4.65. The highest BCUT2D eigenvalue weighted by molar-refractivity contribution is 7.93. The fraction of sp³-hybridized carbons (Fsp3) is 0.857. The highest BCUT2D eigenvalue weighted by atomic mass is 32.2. The third-order valence-corrected chi connectivity index (χ3v) is 4.00. The third kappa shape index (κ3) is 3.97. The lowest BCUT2D eigenvalue weighted by Gasteiger charge is -2.19. The molecule has 0 aliphatic rings. The van der Waals surface area contributed by atoms with Crippen LogP contribution in [0.15, 0.2) is 0 Å². The van der Waals surface area contributed by atoms with Gasteiger partial charge in [0, 0.05) is 0 Å². The van der Waals surface area contributed by atoms with E-state index in [-0.39, 0.29) is 0 Å². The third-order valence-electron chi connectivity index (χ3n) is 1.80. The number of alkyl halides is 3. The van der Waals surface area contributed by atoms with Crippen LogP contribution in [0.2, 0.25) is 0 Å². The molecule has 0 aromatic rings. The molecule has 1 N–H and O–H groups in total. The molecule has 16 heavy (non-hydrogen) atoms. The largest absolute Gasteiger partial charge is 0.480 e. The lowest BCUT2D eigenvalue weighted by molar-refractivity contribution is -0.169. The first-order chi connectivity index (χ1) is 6.90. The van der Waals surface area contributed by atoms with Crippen LogP contribution in [-0.4, -0.2) is 43.0 Å². The van der Waals surface area contributed by atoms with Crippen molar-refractivity contribution in [3.05, 3.63) is 0 Å². The second-order valence-electron chi connectivity index (χ2n) is 3.51. The number of carbonyl (C=O) groups is 1. The van der Waals surface area contributed by atoms with Crippen molar-refractivity contribution in [2.24, 2.45) is 0 Å². The topological polar surface area (TPSA) is 80.7 Å². The number of ether oxygens (including phenoxy) is 1. The molecule has 0 saturated heterocycles. The van der Waals surface area contributed by atoms with Gasteiger partial charge in [-0.05, 0) is 13.8 Å². The Bertz CT molecular complexity index is 357. The fourth-order valence-electron chi connectivity index (χ4n) is 0.547. The maximum absolute atomic E-state index is 11.6. The lowest BCUT2D eigenvalue weighted by atomic mass is 10.2. The van der Waals surface area contributed by atoms with E-state index in [0.717, 1.165) is 13.8 Å². The summed E-state index contributed by atoms with van der Waals surface area (Å²) < 4.78 is 59.3. The molecule has 0 spiro atoms. The first-order valence-electron chi connectivity index (χ1n) is 4.00. The quantitative estimate of drug-likeness (QED) is 0.794. The molecule has 0 saturated carbocycles. The van der Waals surface area contributed by atoms with Gasteiger partial charge in [-0.15, -0.1) is 0 Å². The Hall–Kier alpha value is -0.830. The summed E-state index contributed by atoms with van der Waals surface area (Å²) >= 11 is 0. The van der Waals surface area contributed by atoms with Crippen LogP contribution in [0.3, 0.4) is 0 Å². The van der Waals surface area contributed by atoms with Crippen molar-refractivity contribution < 1.29 is 36.2 Å². The van der Waals surface area contributed by atoms with Crippen molar-refractivity contribution >= 4 is 15.8 Å². The minimum Gasteiger partial charge on any atom is -0.480 e. The van der Waals surface area contributed by atoms with E-state index in [2.05, 4.69) is 4.74 Å². The van der Waals surface area contributed by atoms with E-state index in [1.807, 2.05) is 0 Å². The van der Waals surface area contributed by atoms with E-state index < -0.39 is 39.3 Å². The normalized spacial score (nSPS) is 13.8. The maximum Gasteiger partial charge on any atom is 0.411 e. The summed E-state index contributed by atoms with van der Waals surface area (Å²) in [6, 6.07) is 0. The molecule has 0 atom stereocenters. The van der Waals surface area contributed by atoms with Gasteiger partial charge in [-0.1, -0.05) is 0 Å². The van der Waals surface area contributed by atoms with Crippen LogP contribution < -0.4 is 0 Å². The van der Waals surface area contributed by atoms with Gasteiger partial charge in [0.2, 0.25) is 0 Å². The van der Waals surface area contributed by atoms with Crippen molar-refractivity contribution in [2.45, 2.75) is 24.8 Å². The van der Waals surface area contributed by atoms with Crippen molar-refractivity contribution in [3.8, 4) is 0 Å². The average Bonchev–Trinajstić information content (AvgIpc) is 2.00. The zero-order valence-electron chi connectivity index (χ0n) is 8.54. The van der Waals surface area contributed by atoms with E-state index >= 15 is 0 Å². The van der Waals surface area contributed by atoms with Crippen LogP contribution in [0, 0.1) is 0 Å². The lowest BCUT2D eigenvalue weighted by Crippen LogP contribution is -2.42. The van der Waals surface area contributed by atoms with Crippen LogP contribution in [0.5, 0.6) is 0 Å². The fourth-order valence-corrected chi connectivity index (χ4v) is 1.41. The Morgan fingerprint density at radius 2 is 1.75 bits per heavy atom. The number of hydrogen-bond acceptors (Lipinski definition) is 4. The number of sulfone groups is 1. The molecule has 0 aromatic heterocycles. The summed E-state index contributed by atoms with van der Waals surface area (Å²) in [5.41, 5.74) is 0. The van der Waals surface area contributed by atoms with Gasteiger partial charge in [-0.25, -0.2) is 8.42 Å². The number of hydrogen-bond donors (Lipinski definition) is 1. The highest BCUT2D eigenvalue weighted by Gasteiger charge is 2.42. The van der Waals surface area contributed by atoms with Gasteiger partial charge in [0.15, 0.2) is 14.6 Å². The maximum atomic E-state index is 11.6. The molecule has 0 rings (SSSR count). The molecule has 0 radical (unpaired) electrons. The first-order valence-corrected chi connectivity index (χ1v) is 5.65. The monoisotopic (exact) mass is 264 g/mol. The van der Waals surface area contributed by atoms with Gasteiger partial charge in [0.1, 0.15) is 12.5 Å². The zero-order valence-corrected chi connectivity index (χ0v) is 9.35. The van der Waals surface area contributed by atoms with Crippen LogP contribution in [0.1, 0.15) is 13.8 Å². The van der Waals surface area contributed by atoms with Gasteiger partial charge in [0.05, 0.1) is 0 Å². The van der Waals surface area contributed by atoms with Gasteiger partial charge >= 0.3 is 12.1 Å². The van der Waals surface area contributed by atoms with Crippen molar-refractivity contribution in [1.29, 1.82) is 0 Å². The molecule has 0 bridgehead atoms. The molecule has 0 aromatic carbocycles. The molecular weight excluding hydrogens is 253 g/mol. The molecule has 96 valence electrons. The highest BCUT2D eigenvalue weighted by Crippen LogP contribution is 2.20. The molecule has 0 aliphatic carbocycles. The van der Waals surface area contributed by atoms with Gasteiger partial charge < -0.3 is 9.84 Å². The minimum atomic E-state index is -4.65. The minimum absolute atomic E-state index is 0.877. The summed E-state index contributed by atoms with van der Waals surface area (Å²) in [5, 5.41) is 8.58. The average molecular weight is 264 g/mol. The van der Waals surface area contributed by atoms with E-state index in [4.69, 9.17) is 5.11 Å². The van der Waals surface area contributed by atoms with Crippen molar-refractivity contribution in [3.63, 3.8) is 0 Å². The zero-order chi connectivity index (χ0) is 13.2. The molecule has 0 aliphatic heterocycles. The van der Waals surface area contributed by atoms with E-state index in [9.17, 15) is 26.4 Å². The number of halogens is 3. The number of aliphatic carboxylic acids is 1. The van der Waals surface area contributed by atoms with Gasteiger partial charge in [-0.2, -0.15) is 13.2 Å². The Balaban J connectivity index is 4.56. The van der Waals surface area contributed by atoms with E-state index in [1.165, 1.54) is 0 Å². The summed E-state index contributed by atoms with van der Waals surface area (Å²) in [5.74, 6) is -2.94. The van der Waals surface area contributed by atoms with Gasteiger partial charge in [0.25, 0.3) is 0 Å². The van der Waals surface area contributed by atoms with E-state index in [0.29, 0.717) is 0 Å². The predicted octanol–water partition coefficient (Wildman–Crippen LogP) is 0.801. The Morgan fingerprint density at radius 1 is 1.31 bits per heavy atom. The Kier molecular flexibility index (Phi) is 4.34. The molecule has 5 nitrogen and oxygen atoms in total. The van der Waals surface area contributed by atoms with Gasteiger partial charge in [-0.3, -0.25) is 4.79 Å². The van der Waals surface area contributed by atoms with E-state index in [1.54, 1.807) is 0 Å². The van der Waals surface area contributed by atoms with Crippen LogP contribution in [-0.2, 0) is 19.4 Å². The predicted molar refractivity (Wildman–Crippen MR) is 47.5 cm³/mol. The Morgan fingerprint density at radius 3 is 2.06 bits per heavy atom. The summed E-state index contributed by atoms with van der Waals surface area (Å²) in [7, 11) is -4.30. The number of carboxylic acids is 1. The first kappa shape index (κ1) is 15.2. The van der Waals surface area contributed by atoms with Crippen molar-refractivity contribution in [1.82, 2.24) is 0 Å². The summed E-state index contributed by atoms with van der Waals surface area (Å²) in [4.78, 5) is 10.6. The van der Waals surface area contributed by atoms with Crippen LogP contribution in [0.4, 0.5) is 13.2 Å². The summed E-state index contributed by atoms with van der Waals surface area (Å²) in [6.45, 7) is 0.0190. The molecule has 0 heterocycles. The standard InChI is InChI=1S/C7H11F3O5S/c1-6(2,5(11)12)16(13,14)4-15-3-7(8,9)10/h3-4H2,1-2H3,(H,11,12). The molecule has 9 heteroatoms. The van der Waals surface area contributed by atoms with Crippen molar-refractivity contribution in [2.75, 3.05) is 12.5 Å². The van der Waals surface area contributed by atoms with Crippen LogP contribution in [0.25, 0.3) is 0 Å². The molecular formula is C7H11F3O5S. The Labute approximate surface area is 90.1 Å². The smallest absolute Gasteiger partial charge is 0.411 e. The number of rotatable bonds is 5. The number of carboxylic acid groups (broad SMARTS) is 1. The molecule has 0 unspecified atom stereocenters. The molecule has 0 amide bonds. The second kappa shape index (κ2) is 4.58. The SMILES string of the molecule is CC(C)(C(=O)O)S(=O)(=O)COCC(F)(F)F.